The average Bonchev–Trinajstić information content (AvgIpc) is 2.90. The zero-order valence-corrected chi connectivity index (χ0v) is 23.5. The van der Waals surface area contributed by atoms with Gasteiger partial charge in [-0.25, -0.2) is 13.2 Å². The van der Waals surface area contributed by atoms with Crippen LogP contribution in [0.4, 0.5) is 0 Å². The third kappa shape index (κ3) is 7.87. The minimum atomic E-state index is -3.71. The van der Waals surface area contributed by atoms with Crippen molar-refractivity contribution in [1.82, 2.24) is 0 Å². The molecule has 2 aromatic rings. The Bertz CT molecular complexity index is 1170. The fraction of sp³-hybridized carbons (Fsp3) is 0.444. The number of quaternary nitrogens is 1. The molecule has 37 heavy (non-hydrogen) atoms. The Kier molecular flexibility index (Phi) is 10.8. The molecular formula is C27H38NO8S+. The van der Waals surface area contributed by atoms with E-state index in [0.717, 1.165) is 25.0 Å². The summed E-state index contributed by atoms with van der Waals surface area (Å²) >= 11 is 0. The molecule has 10 heteroatoms. The fourth-order valence-corrected chi connectivity index (χ4v) is 5.06. The summed E-state index contributed by atoms with van der Waals surface area (Å²) in [5.74, 6) is 1.15. The molecule has 0 aliphatic carbocycles. The summed E-state index contributed by atoms with van der Waals surface area (Å²) in [4.78, 5) is 12.7. The first-order valence-electron chi connectivity index (χ1n) is 12.0. The van der Waals surface area contributed by atoms with E-state index in [-0.39, 0.29) is 18.0 Å². The second-order valence-corrected chi connectivity index (χ2v) is 10.3. The molecule has 204 valence electrons. The first-order valence-corrected chi connectivity index (χ1v) is 13.7. The maximum Gasteiger partial charge on any atom is 0.367 e. The standard InChI is InChI=1S/C27H38NO8S/c1-8-28(9-2,10-3)18-27(29)36-26-15-20(11-12-23(26)33-5)19-37(30,31)14-13-22-24(34-6)16-21(32-4)17-25(22)35-7/h11-17H,8-10,18-19H2,1-7H3/q+1/b14-13+. The summed E-state index contributed by atoms with van der Waals surface area (Å²) < 4.78 is 53.5. The van der Waals surface area contributed by atoms with Crippen LogP contribution >= 0.6 is 0 Å². The van der Waals surface area contributed by atoms with Gasteiger partial charge < -0.3 is 28.2 Å². The molecule has 0 aliphatic rings. The summed E-state index contributed by atoms with van der Waals surface area (Å²) in [7, 11) is 2.22. The third-order valence-corrected chi connectivity index (χ3v) is 7.78. The van der Waals surface area contributed by atoms with Crippen LogP contribution in [0.25, 0.3) is 6.08 Å². The highest BCUT2D eigenvalue weighted by Gasteiger charge is 2.27. The van der Waals surface area contributed by atoms with Crippen molar-refractivity contribution in [3.8, 4) is 28.7 Å². The number of rotatable bonds is 14. The van der Waals surface area contributed by atoms with Gasteiger partial charge in [0.2, 0.25) is 0 Å². The van der Waals surface area contributed by atoms with E-state index in [1.165, 1.54) is 40.6 Å². The van der Waals surface area contributed by atoms with E-state index in [9.17, 15) is 13.2 Å². The molecule has 0 aromatic heterocycles. The highest BCUT2D eigenvalue weighted by atomic mass is 32.2. The Hall–Kier alpha value is -3.24. The molecule has 0 unspecified atom stereocenters. The molecule has 0 aliphatic heterocycles. The van der Waals surface area contributed by atoms with Crippen molar-refractivity contribution < 1.29 is 41.4 Å². The summed E-state index contributed by atoms with van der Waals surface area (Å²) in [6, 6.07) is 8.02. The van der Waals surface area contributed by atoms with Gasteiger partial charge in [-0.05, 0) is 44.5 Å². The molecule has 2 aromatic carbocycles. The van der Waals surface area contributed by atoms with Crippen molar-refractivity contribution >= 4 is 21.9 Å². The van der Waals surface area contributed by atoms with Crippen molar-refractivity contribution in [1.29, 1.82) is 0 Å². The van der Waals surface area contributed by atoms with Crippen molar-refractivity contribution in [3.63, 3.8) is 0 Å². The van der Waals surface area contributed by atoms with Crippen molar-refractivity contribution in [2.24, 2.45) is 0 Å². The number of benzene rings is 2. The first kappa shape index (κ1) is 30.0. The summed E-state index contributed by atoms with van der Waals surface area (Å²) in [5, 5.41) is 1.10. The summed E-state index contributed by atoms with van der Waals surface area (Å²) in [6.45, 7) is 8.73. The van der Waals surface area contributed by atoms with Gasteiger partial charge >= 0.3 is 5.97 Å². The number of esters is 1. The van der Waals surface area contributed by atoms with E-state index in [1.807, 2.05) is 20.8 Å². The van der Waals surface area contributed by atoms with Gasteiger partial charge in [-0.2, -0.15) is 0 Å². The molecule has 0 amide bonds. The number of carbonyl (C=O) groups is 1. The van der Waals surface area contributed by atoms with E-state index in [4.69, 9.17) is 23.7 Å². The van der Waals surface area contributed by atoms with Gasteiger partial charge in [-0.15, -0.1) is 0 Å². The van der Waals surface area contributed by atoms with E-state index in [0.29, 0.717) is 38.6 Å². The number of likely N-dealkylation sites (N-methyl/N-ethyl adjacent to an activating group) is 1. The molecule has 0 radical (unpaired) electrons. The first-order chi connectivity index (χ1) is 17.6. The lowest BCUT2D eigenvalue weighted by Crippen LogP contribution is -2.51. The zero-order valence-electron chi connectivity index (χ0n) is 22.7. The molecule has 0 N–H and O–H groups in total. The number of carbonyl (C=O) groups excluding carboxylic acids is 1. The van der Waals surface area contributed by atoms with Crippen LogP contribution in [0.1, 0.15) is 31.9 Å². The molecule has 0 saturated heterocycles. The van der Waals surface area contributed by atoms with E-state index < -0.39 is 15.8 Å². The lowest BCUT2D eigenvalue weighted by Gasteiger charge is -2.34. The minimum Gasteiger partial charge on any atom is -0.496 e. The Labute approximate surface area is 220 Å². The molecule has 0 bridgehead atoms. The van der Waals surface area contributed by atoms with Gasteiger partial charge in [0.15, 0.2) is 27.9 Å². The molecule has 0 fully saturated rings. The summed E-state index contributed by atoms with van der Waals surface area (Å²) in [6.07, 6.45) is 1.43. The van der Waals surface area contributed by atoms with Gasteiger partial charge in [0.1, 0.15) is 17.2 Å². The second kappa shape index (κ2) is 13.3. The van der Waals surface area contributed by atoms with E-state index in [1.54, 1.807) is 24.3 Å². The minimum absolute atomic E-state index is 0.184. The van der Waals surface area contributed by atoms with Crippen LogP contribution in [0.5, 0.6) is 28.7 Å². The molecule has 0 saturated carbocycles. The second-order valence-electron chi connectivity index (χ2n) is 8.46. The van der Waals surface area contributed by atoms with E-state index in [2.05, 4.69) is 0 Å². The SMILES string of the molecule is CC[N+](CC)(CC)CC(=O)Oc1cc(CS(=O)(=O)/C=C/c2c(OC)cc(OC)cc2OC)ccc1OC. The maximum absolute atomic E-state index is 13.0. The average molecular weight is 537 g/mol. The topological polar surface area (TPSA) is 97.4 Å². The third-order valence-electron chi connectivity index (χ3n) is 6.49. The maximum atomic E-state index is 13.0. The van der Waals surface area contributed by atoms with Crippen molar-refractivity contribution in [2.45, 2.75) is 26.5 Å². The fourth-order valence-electron chi connectivity index (χ4n) is 3.97. The monoisotopic (exact) mass is 536 g/mol. The Morgan fingerprint density at radius 1 is 0.811 bits per heavy atom. The Morgan fingerprint density at radius 3 is 1.86 bits per heavy atom. The largest absolute Gasteiger partial charge is 0.496 e. The van der Waals surface area contributed by atoms with Gasteiger partial charge in [0.25, 0.3) is 0 Å². The molecule has 2 rings (SSSR count). The van der Waals surface area contributed by atoms with Crippen LogP contribution < -0.4 is 23.7 Å². The van der Waals surface area contributed by atoms with Crippen LogP contribution in [-0.4, -0.2) is 73.5 Å². The smallest absolute Gasteiger partial charge is 0.367 e. The Balaban J connectivity index is 2.29. The lowest BCUT2D eigenvalue weighted by atomic mass is 10.1. The van der Waals surface area contributed by atoms with Crippen LogP contribution in [0, 0.1) is 0 Å². The van der Waals surface area contributed by atoms with Crippen LogP contribution in [0.2, 0.25) is 0 Å². The van der Waals surface area contributed by atoms with Gasteiger partial charge in [0, 0.05) is 17.5 Å². The number of hydrogen-bond donors (Lipinski definition) is 0. The normalized spacial score (nSPS) is 11.9. The van der Waals surface area contributed by atoms with Gasteiger partial charge in [0.05, 0.1) is 59.4 Å². The molecule has 0 atom stereocenters. The molecule has 9 nitrogen and oxygen atoms in total. The highest BCUT2D eigenvalue weighted by molar-refractivity contribution is 7.93. The quantitative estimate of drug-likeness (QED) is 0.202. The van der Waals surface area contributed by atoms with Crippen molar-refractivity contribution in [3.05, 3.63) is 46.9 Å². The van der Waals surface area contributed by atoms with E-state index >= 15 is 0 Å². The number of hydrogen-bond acceptors (Lipinski definition) is 8. The predicted octanol–water partition coefficient (Wildman–Crippen LogP) is 4.09. The molecular weight excluding hydrogens is 498 g/mol. The van der Waals surface area contributed by atoms with Crippen molar-refractivity contribution in [2.75, 3.05) is 54.6 Å². The highest BCUT2D eigenvalue weighted by Crippen LogP contribution is 2.35. The van der Waals surface area contributed by atoms with Crippen LogP contribution in [0.3, 0.4) is 0 Å². The number of methoxy groups -OCH3 is 4. The number of ether oxygens (including phenoxy) is 5. The van der Waals surface area contributed by atoms with Crippen LogP contribution in [0.15, 0.2) is 35.7 Å². The van der Waals surface area contributed by atoms with Gasteiger partial charge in [-0.1, -0.05) is 6.07 Å². The predicted molar refractivity (Wildman–Crippen MR) is 143 cm³/mol. The summed E-state index contributed by atoms with van der Waals surface area (Å²) in [5.41, 5.74) is 0.909. The van der Waals surface area contributed by atoms with Gasteiger partial charge in [-0.3, -0.25) is 0 Å². The number of sulfone groups is 1. The molecule has 0 spiro atoms. The van der Waals surface area contributed by atoms with Crippen LogP contribution in [-0.2, 0) is 20.4 Å². The number of nitrogens with zero attached hydrogens (tertiary/aromatic N) is 1. The lowest BCUT2D eigenvalue weighted by molar-refractivity contribution is -0.916. The zero-order chi connectivity index (χ0) is 27.6. The molecule has 0 heterocycles. The Morgan fingerprint density at radius 2 is 1.38 bits per heavy atom.